The zero-order valence-corrected chi connectivity index (χ0v) is 29.6. The second-order valence-electron chi connectivity index (χ2n) is 11.7. The van der Waals surface area contributed by atoms with Gasteiger partial charge in [0, 0.05) is 27.6 Å². The van der Waals surface area contributed by atoms with Crippen LogP contribution in [-0.4, -0.2) is 42.8 Å². The number of hydrogen-bond acceptors (Lipinski definition) is 9. The number of hydrogen-bond donors (Lipinski definition) is 2. The number of carbonyl (C=O) groups is 4. The van der Waals surface area contributed by atoms with E-state index >= 15 is 0 Å². The van der Waals surface area contributed by atoms with Crippen LogP contribution in [0.5, 0.6) is 28.7 Å². The third-order valence-electron chi connectivity index (χ3n) is 8.14. The standard InChI is InChI=1S/C40H30ClN3O8S/c1-49-33-19-24(20-34-37(33)51-23-50-34)18-32(43-38(46)25-6-3-2-4-7-25)39(47)42-27-8-5-9-31(21-27)53-35-22-36(45)44(40(35)48)28-12-16-30(17-13-28)52-29-14-10-26(41)11-15-29/h2-21,35H,22-23H2,1H3,(H,42,47)(H,43,46)/b32-18-. The number of nitrogens with zero attached hydrogens (tertiary/aromatic N) is 1. The maximum Gasteiger partial charge on any atom is 0.272 e. The molecule has 0 saturated carbocycles. The van der Waals surface area contributed by atoms with Gasteiger partial charge in [-0.25, -0.2) is 4.90 Å². The number of thioether (sulfide) groups is 1. The number of halogens is 1. The monoisotopic (exact) mass is 747 g/mol. The fraction of sp³-hybridized carbons (Fsp3) is 0.100. The Balaban J connectivity index is 1.05. The number of imide groups is 1. The number of carbonyl (C=O) groups excluding carboxylic acids is 4. The summed E-state index contributed by atoms with van der Waals surface area (Å²) in [5.74, 6) is 0.657. The number of amides is 4. The van der Waals surface area contributed by atoms with Crippen molar-refractivity contribution in [2.24, 2.45) is 0 Å². The molecular weight excluding hydrogens is 718 g/mol. The molecule has 7 rings (SSSR count). The normalized spacial score (nSPS) is 14.9. The minimum atomic E-state index is -0.681. The molecule has 1 fully saturated rings. The number of anilines is 2. The molecule has 266 valence electrons. The SMILES string of the molecule is COc1cc(/C=C(\NC(=O)c2ccccc2)C(=O)Nc2cccc(SC3CC(=O)N(c4ccc(Oc5ccc(Cl)cc5)cc4)C3=O)c2)cc2c1OCO2. The van der Waals surface area contributed by atoms with Crippen molar-refractivity contribution in [1.82, 2.24) is 5.32 Å². The van der Waals surface area contributed by atoms with Gasteiger partial charge in [0.05, 0.1) is 18.0 Å². The molecule has 1 atom stereocenters. The van der Waals surface area contributed by atoms with Crippen molar-refractivity contribution in [1.29, 1.82) is 0 Å². The van der Waals surface area contributed by atoms with Crippen LogP contribution in [0.15, 0.2) is 126 Å². The molecule has 5 aromatic rings. The highest BCUT2D eigenvalue weighted by atomic mass is 35.5. The van der Waals surface area contributed by atoms with E-state index in [1.807, 2.05) is 0 Å². The summed E-state index contributed by atoms with van der Waals surface area (Å²) in [7, 11) is 1.49. The van der Waals surface area contributed by atoms with E-state index < -0.39 is 17.1 Å². The van der Waals surface area contributed by atoms with Crippen LogP contribution in [-0.2, 0) is 14.4 Å². The first-order chi connectivity index (χ1) is 25.7. The molecule has 1 saturated heterocycles. The molecule has 4 amide bonds. The molecule has 0 spiro atoms. The molecule has 53 heavy (non-hydrogen) atoms. The molecule has 2 N–H and O–H groups in total. The van der Waals surface area contributed by atoms with Crippen molar-refractivity contribution < 1.29 is 38.1 Å². The molecule has 11 nitrogen and oxygen atoms in total. The lowest BCUT2D eigenvalue weighted by molar-refractivity contribution is -0.121. The molecule has 2 heterocycles. The van der Waals surface area contributed by atoms with Crippen LogP contribution in [0.1, 0.15) is 22.3 Å². The molecule has 0 radical (unpaired) electrons. The predicted molar refractivity (Wildman–Crippen MR) is 201 cm³/mol. The fourth-order valence-electron chi connectivity index (χ4n) is 5.62. The smallest absolute Gasteiger partial charge is 0.272 e. The number of ether oxygens (including phenoxy) is 4. The first-order valence-electron chi connectivity index (χ1n) is 16.3. The van der Waals surface area contributed by atoms with E-state index in [0.717, 1.165) is 0 Å². The molecular formula is C40H30ClN3O8S. The lowest BCUT2D eigenvalue weighted by Gasteiger charge is -2.16. The van der Waals surface area contributed by atoms with Crippen LogP contribution >= 0.6 is 23.4 Å². The minimum Gasteiger partial charge on any atom is -0.493 e. The van der Waals surface area contributed by atoms with Crippen molar-refractivity contribution in [3.63, 3.8) is 0 Å². The number of nitrogens with one attached hydrogen (secondary N) is 2. The molecule has 0 aliphatic carbocycles. The van der Waals surface area contributed by atoms with Crippen LogP contribution in [0.4, 0.5) is 11.4 Å². The Morgan fingerprint density at radius 2 is 1.62 bits per heavy atom. The van der Waals surface area contributed by atoms with Crippen molar-refractivity contribution in [3.05, 3.63) is 137 Å². The summed E-state index contributed by atoms with van der Waals surface area (Å²) >= 11 is 7.17. The second kappa shape index (κ2) is 15.6. The van der Waals surface area contributed by atoms with E-state index in [9.17, 15) is 19.2 Å². The van der Waals surface area contributed by atoms with E-state index in [2.05, 4.69) is 10.6 Å². The summed E-state index contributed by atoms with van der Waals surface area (Å²) in [6.45, 7) is 0.0261. The van der Waals surface area contributed by atoms with Gasteiger partial charge >= 0.3 is 0 Å². The van der Waals surface area contributed by atoms with Gasteiger partial charge in [0.2, 0.25) is 24.4 Å². The molecule has 5 aromatic carbocycles. The highest BCUT2D eigenvalue weighted by molar-refractivity contribution is 8.00. The Hall–Kier alpha value is -6.24. The van der Waals surface area contributed by atoms with E-state index in [1.165, 1.54) is 29.8 Å². The van der Waals surface area contributed by atoms with E-state index in [4.69, 9.17) is 30.5 Å². The molecule has 0 aromatic heterocycles. The van der Waals surface area contributed by atoms with Gasteiger partial charge in [0.1, 0.15) is 17.2 Å². The van der Waals surface area contributed by atoms with Gasteiger partial charge < -0.3 is 29.6 Å². The zero-order valence-electron chi connectivity index (χ0n) is 28.0. The quantitative estimate of drug-likeness (QED) is 0.103. The van der Waals surface area contributed by atoms with Crippen LogP contribution in [0, 0.1) is 0 Å². The highest BCUT2D eigenvalue weighted by Crippen LogP contribution is 2.42. The summed E-state index contributed by atoms with van der Waals surface area (Å²) in [6.07, 6.45) is 1.51. The number of benzene rings is 5. The second-order valence-corrected chi connectivity index (χ2v) is 13.5. The van der Waals surface area contributed by atoms with E-state index in [0.29, 0.717) is 61.2 Å². The zero-order chi connectivity index (χ0) is 36.9. The van der Waals surface area contributed by atoms with Crippen LogP contribution in [0.3, 0.4) is 0 Å². The average Bonchev–Trinajstić information content (AvgIpc) is 3.75. The number of fused-ring (bicyclic) bond motifs is 1. The maximum atomic E-state index is 13.8. The summed E-state index contributed by atoms with van der Waals surface area (Å²) in [4.78, 5) is 55.3. The van der Waals surface area contributed by atoms with Crippen molar-refractivity contribution in [2.75, 3.05) is 24.1 Å². The minimum absolute atomic E-state index is 0.000507. The molecule has 13 heteroatoms. The van der Waals surface area contributed by atoms with Gasteiger partial charge in [-0.3, -0.25) is 19.2 Å². The predicted octanol–water partition coefficient (Wildman–Crippen LogP) is 7.70. The van der Waals surface area contributed by atoms with Crippen LogP contribution in [0.2, 0.25) is 5.02 Å². The number of rotatable bonds is 11. The van der Waals surface area contributed by atoms with Gasteiger partial charge in [0.15, 0.2) is 11.5 Å². The van der Waals surface area contributed by atoms with Gasteiger partial charge in [-0.1, -0.05) is 35.9 Å². The summed E-state index contributed by atoms with van der Waals surface area (Å²) in [5.41, 5.74) is 1.68. The van der Waals surface area contributed by atoms with E-state index in [-0.39, 0.29) is 30.7 Å². The van der Waals surface area contributed by atoms with Crippen molar-refractivity contribution in [2.45, 2.75) is 16.6 Å². The fourth-order valence-corrected chi connectivity index (χ4v) is 6.86. The van der Waals surface area contributed by atoms with Crippen LogP contribution in [0.25, 0.3) is 6.08 Å². The third kappa shape index (κ3) is 8.14. The Kier molecular flexibility index (Phi) is 10.3. The van der Waals surface area contributed by atoms with Crippen LogP contribution < -0.4 is 34.5 Å². The summed E-state index contributed by atoms with van der Waals surface area (Å²) < 4.78 is 22.3. The third-order valence-corrected chi connectivity index (χ3v) is 9.57. The topological polar surface area (TPSA) is 132 Å². The molecule has 2 aliphatic heterocycles. The Morgan fingerprint density at radius 3 is 2.36 bits per heavy atom. The molecule has 1 unspecified atom stereocenters. The van der Waals surface area contributed by atoms with Crippen molar-refractivity contribution >= 4 is 64.4 Å². The van der Waals surface area contributed by atoms with Gasteiger partial charge in [-0.15, -0.1) is 11.8 Å². The summed E-state index contributed by atoms with van der Waals surface area (Å²) in [6, 6.07) is 32.4. The average molecular weight is 748 g/mol. The Bertz CT molecular complexity index is 2230. The first-order valence-corrected chi connectivity index (χ1v) is 17.5. The highest BCUT2D eigenvalue weighted by Gasteiger charge is 2.40. The Morgan fingerprint density at radius 1 is 0.887 bits per heavy atom. The molecule has 2 aliphatic rings. The maximum absolute atomic E-state index is 13.8. The van der Waals surface area contributed by atoms with Gasteiger partial charge in [-0.2, -0.15) is 0 Å². The number of methoxy groups -OCH3 is 1. The van der Waals surface area contributed by atoms with E-state index in [1.54, 1.807) is 115 Å². The Labute approximate surface area is 313 Å². The largest absolute Gasteiger partial charge is 0.493 e. The van der Waals surface area contributed by atoms with Gasteiger partial charge in [0.25, 0.3) is 11.8 Å². The van der Waals surface area contributed by atoms with Gasteiger partial charge in [-0.05, 0) is 103 Å². The molecule has 0 bridgehead atoms. The van der Waals surface area contributed by atoms with Crippen molar-refractivity contribution in [3.8, 4) is 28.7 Å². The lowest BCUT2D eigenvalue weighted by atomic mass is 10.1. The lowest BCUT2D eigenvalue weighted by Crippen LogP contribution is -2.31. The first kappa shape index (κ1) is 35.2. The summed E-state index contributed by atoms with van der Waals surface area (Å²) in [5, 5.41) is 5.47.